The Morgan fingerprint density at radius 2 is 1.95 bits per heavy atom. The van der Waals surface area contributed by atoms with Gasteiger partial charge < -0.3 is 0 Å². The molecule has 1 aromatic carbocycles. The third-order valence-electron chi connectivity index (χ3n) is 2.89. The van der Waals surface area contributed by atoms with Gasteiger partial charge in [0.15, 0.2) is 0 Å². The predicted octanol–water partition coefficient (Wildman–Crippen LogP) is 4.51. The average Bonchev–Trinajstić information content (AvgIpc) is 2.89. The smallest absolute Gasteiger partial charge is 0.299 e. The van der Waals surface area contributed by atoms with E-state index in [9.17, 15) is 18.0 Å². The molecule has 0 spiro atoms. The van der Waals surface area contributed by atoms with Gasteiger partial charge in [-0.25, -0.2) is 0 Å². The third-order valence-corrected chi connectivity index (χ3v) is 3.82. The van der Waals surface area contributed by atoms with Crippen LogP contribution in [0.2, 0.25) is 0 Å². The minimum Gasteiger partial charge on any atom is -0.299 e. The van der Waals surface area contributed by atoms with Gasteiger partial charge in [-0.2, -0.15) is 13.2 Å². The molecule has 0 unspecified atom stereocenters. The van der Waals surface area contributed by atoms with E-state index in [1.165, 1.54) is 6.07 Å². The van der Waals surface area contributed by atoms with Gasteiger partial charge in [-0.05, 0) is 29.5 Å². The Hall–Kier alpha value is -1.62. The number of rotatable bonds is 5. The highest BCUT2D eigenvalue weighted by Crippen LogP contribution is 2.29. The Bertz CT molecular complexity index is 573. The van der Waals surface area contributed by atoms with Gasteiger partial charge in [0.05, 0.1) is 5.56 Å². The minimum absolute atomic E-state index is 0.0438. The number of carbonyl (C=O) groups is 1. The summed E-state index contributed by atoms with van der Waals surface area (Å²) < 4.78 is 37.7. The molecule has 5 heteroatoms. The van der Waals surface area contributed by atoms with Crippen molar-refractivity contribution in [3.63, 3.8) is 0 Å². The molecular formula is C15H13F3OS. The van der Waals surface area contributed by atoms with Crippen LogP contribution < -0.4 is 0 Å². The van der Waals surface area contributed by atoms with Gasteiger partial charge in [0, 0.05) is 17.7 Å². The van der Waals surface area contributed by atoms with Gasteiger partial charge in [0.25, 0.3) is 0 Å². The Balaban J connectivity index is 1.94. The van der Waals surface area contributed by atoms with Crippen LogP contribution in [0.5, 0.6) is 0 Å². The highest BCUT2D eigenvalue weighted by Gasteiger charge is 2.30. The van der Waals surface area contributed by atoms with Crippen LogP contribution in [0.4, 0.5) is 13.2 Å². The summed E-state index contributed by atoms with van der Waals surface area (Å²) in [6.07, 6.45) is -3.31. The zero-order valence-corrected chi connectivity index (χ0v) is 11.4. The van der Waals surface area contributed by atoms with E-state index in [-0.39, 0.29) is 12.2 Å². The molecule has 1 heterocycles. The van der Waals surface area contributed by atoms with Crippen LogP contribution in [0.3, 0.4) is 0 Å². The van der Waals surface area contributed by atoms with Crippen LogP contribution in [-0.4, -0.2) is 5.78 Å². The molecule has 2 aromatic rings. The van der Waals surface area contributed by atoms with Crippen LogP contribution in [0.1, 0.15) is 22.4 Å². The number of ketones is 1. The second-order valence-electron chi connectivity index (χ2n) is 4.49. The summed E-state index contributed by atoms with van der Waals surface area (Å²) in [4.78, 5) is 12.9. The lowest BCUT2D eigenvalue weighted by Gasteiger charge is -2.08. The fourth-order valence-electron chi connectivity index (χ4n) is 1.89. The molecule has 1 nitrogen and oxygen atoms in total. The summed E-state index contributed by atoms with van der Waals surface area (Å²) >= 11 is 1.58. The Labute approximate surface area is 119 Å². The van der Waals surface area contributed by atoms with E-state index < -0.39 is 11.7 Å². The van der Waals surface area contributed by atoms with Crippen LogP contribution >= 0.6 is 11.3 Å². The Kier molecular flexibility index (Phi) is 4.60. The van der Waals surface area contributed by atoms with Gasteiger partial charge in [-0.3, -0.25) is 4.79 Å². The molecule has 0 fully saturated rings. The maximum atomic E-state index is 12.6. The summed E-state index contributed by atoms with van der Waals surface area (Å²) in [7, 11) is 0. The summed E-state index contributed by atoms with van der Waals surface area (Å²) in [6, 6.07) is 8.81. The van der Waals surface area contributed by atoms with Gasteiger partial charge >= 0.3 is 6.18 Å². The van der Waals surface area contributed by atoms with Gasteiger partial charge in [-0.1, -0.05) is 24.3 Å². The van der Waals surface area contributed by atoms with Gasteiger partial charge in [0.2, 0.25) is 0 Å². The zero-order chi connectivity index (χ0) is 14.6. The molecule has 0 amide bonds. The van der Waals surface area contributed by atoms with Crippen LogP contribution in [0.15, 0.2) is 41.8 Å². The number of thiophene rings is 1. The number of Topliss-reactive ketones (excluding diaryl/α,β-unsaturated/α-hetero) is 1. The average molecular weight is 298 g/mol. The minimum atomic E-state index is -4.37. The molecule has 0 saturated carbocycles. The summed E-state index contributed by atoms with van der Waals surface area (Å²) in [6.45, 7) is 0. The van der Waals surface area contributed by atoms with Crippen LogP contribution in [0, 0.1) is 0 Å². The molecule has 0 bridgehead atoms. The van der Waals surface area contributed by atoms with Crippen molar-refractivity contribution >= 4 is 17.1 Å². The molecule has 0 radical (unpaired) electrons. The number of hydrogen-bond donors (Lipinski definition) is 0. The lowest BCUT2D eigenvalue weighted by Crippen LogP contribution is -2.08. The molecule has 20 heavy (non-hydrogen) atoms. The molecule has 0 aliphatic heterocycles. The molecular weight excluding hydrogens is 285 g/mol. The largest absolute Gasteiger partial charge is 0.416 e. The van der Waals surface area contributed by atoms with Crippen molar-refractivity contribution in [1.29, 1.82) is 0 Å². The Morgan fingerprint density at radius 3 is 2.60 bits per heavy atom. The SMILES string of the molecule is O=C(CCc1cccs1)Cc1cccc(C(F)(F)F)c1. The fourth-order valence-corrected chi connectivity index (χ4v) is 2.60. The monoisotopic (exact) mass is 298 g/mol. The van der Waals surface area contributed by atoms with Crippen molar-refractivity contribution in [1.82, 2.24) is 0 Å². The number of halogens is 3. The summed E-state index contributed by atoms with van der Waals surface area (Å²) in [5.41, 5.74) is -0.294. The van der Waals surface area contributed by atoms with Crippen molar-refractivity contribution < 1.29 is 18.0 Å². The van der Waals surface area contributed by atoms with Crippen molar-refractivity contribution in [3.05, 3.63) is 57.8 Å². The maximum Gasteiger partial charge on any atom is 0.416 e. The van der Waals surface area contributed by atoms with Crippen LogP contribution in [0.25, 0.3) is 0 Å². The Morgan fingerprint density at radius 1 is 1.15 bits per heavy atom. The van der Waals surface area contributed by atoms with E-state index in [0.717, 1.165) is 17.0 Å². The molecule has 2 rings (SSSR count). The number of alkyl halides is 3. The van der Waals surface area contributed by atoms with Crippen molar-refractivity contribution in [3.8, 4) is 0 Å². The third kappa shape index (κ3) is 4.20. The van der Waals surface area contributed by atoms with E-state index in [4.69, 9.17) is 0 Å². The summed E-state index contributed by atoms with van der Waals surface area (Å²) in [5, 5.41) is 1.94. The van der Waals surface area contributed by atoms with Gasteiger partial charge in [-0.15, -0.1) is 11.3 Å². The van der Waals surface area contributed by atoms with E-state index >= 15 is 0 Å². The molecule has 0 aliphatic rings. The topological polar surface area (TPSA) is 17.1 Å². The second-order valence-corrected chi connectivity index (χ2v) is 5.53. The highest BCUT2D eigenvalue weighted by atomic mass is 32.1. The van der Waals surface area contributed by atoms with E-state index in [1.54, 1.807) is 17.4 Å². The number of carbonyl (C=O) groups excluding carboxylic acids is 1. The first-order chi connectivity index (χ1) is 9.45. The first-order valence-corrected chi connectivity index (χ1v) is 7.03. The normalized spacial score (nSPS) is 11.6. The predicted molar refractivity (Wildman–Crippen MR) is 72.8 cm³/mol. The van der Waals surface area contributed by atoms with Gasteiger partial charge in [0.1, 0.15) is 5.78 Å². The van der Waals surface area contributed by atoms with E-state index in [1.807, 2.05) is 17.5 Å². The standard InChI is InChI=1S/C15H13F3OS/c16-15(17,18)12-4-1-3-11(9-12)10-13(19)6-7-14-5-2-8-20-14/h1-5,8-9H,6-7,10H2. The number of benzene rings is 1. The quantitative estimate of drug-likeness (QED) is 0.793. The lowest BCUT2D eigenvalue weighted by molar-refractivity contribution is -0.137. The zero-order valence-electron chi connectivity index (χ0n) is 10.6. The highest BCUT2D eigenvalue weighted by molar-refractivity contribution is 7.09. The van der Waals surface area contributed by atoms with Crippen LogP contribution in [-0.2, 0) is 23.8 Å². The molecule has 1 aromatic heterocycles. The van der Waals surface area contributed by atoms with Crippen molar-refractivity contribution in [2.45, 2.75) is 25.4 Å². The first-order valence-electron chi connectivity index (χ1n) is 6.15. The van der Waals surface area contributed by atoms with E-state index in [0.29, 0.717) is 18.4 Å². The lowest BCUT2D eigenvalue weighted by atomic mass is 10.0. The van der Waals surface area contributed by atoms with Crippen molar-refractivity contribution in [2.75, 3.05) is 0 Å². The molecule has 0 atom stereocenters. The number of hydrogen-bond acceptors (Lipinski definition) is 2. The fraction of sp³-hybridized carbons (Fsp3) is 0.267. The number of aryl methyl sites for hydroxylation is 1. The van der Waals surface area contributed by atoms with Crippen molar-refractivity contribution in [2.24, 2.45) is 0 Å². The summed E-state index contributed by atoms with van der Waals surface area (Å²) in [5.74, 6) is -0.0438. The molecule has 0 saturated heterocycles. The molecule has 106 valence electrons. The first kappa shape index (κ1) is 14.8. The van der Waals surface area contributed by atoms with E-state index in [2.05, 4.69) is 0 Å². The molecule has 0 aliphatic carbocycles. The second kappa shape index (κ2) is 6.22. The molecule has 0 N–H and O–H groups in total. The maximum absolute atomic E-state index is 12.6.